The fraction of sp³-hybridized carbons (Fsp3) is 0.680. The standard InChI is InChI=1S/C25H37N3O4S/c1-32-19-8-9-20-21(14-19)26-24-22(16-29)28(33(2,30)31)17-25(23(20)24)10-12-27(13-11-25)15-18-6-4-3-5-7-18/h8-9,14,18,22,26,29H,3-7,10-13,15-17H2,1-2H3/t22-/m1/s1. The summed E-state index contributed by atoms with van der Waals surface area (Å²) in [5.74, 6) is 1.57. The van der Waals surface area contributed by atoms with Crippen LogP contribution in [0.5, 0.6) is 5.75 Å². The molecule has 2 fully saturated rings. The van der Waals surface area contributed by atoms with Crippen molar-refractivity contribution in [3.63, 3.8) is 0 Å². The number of rotatable bonds is 5. The van der Waals surface area contributed by atoms with Gasteiger partial charge >= 0.3 is 0 Å². The summed E-state index contributed by atoms with van der Waals surface area (Å²) in [6.45, 7) is 3.33. The summed E-state index contributed by atoms with van der Waals surface area (Å²) in [7, 11) is -1.83. The number of fused-ring (bicyclic) bond motifs is 4. The summed E-state index contributed by atoms with van der Waals surface area (Å²) >= 11 is 0. The fourth-order valence-corrected chi connectivity index (χ4v) is 7.73. The Labute approximate surface area is 197 Å². The Hall–Kier alpha value is -1.61. The lowest BCUT2D eigenvalue weighted by Gasteiger charge is -2.49. The van der Waals surface area contributed by atoms with Gasteiger partial charge in [-0.3, -0.25) is 0 Å². The van der Waals surface area contributed by atoms with Crippen molar-refractivity contribution in [2.24, 2.45) is 5.92 Å². The zero-order valence-electron chi connectivity index (χ0n) is 19.8. The number of aromatic nitrogens is 1. The summed E-state index contributed by atoms with van der Waals surface area (Å²) in [6.07, 6.45) is 9.89. The topological polar surface area (TPSA) is 85.9 Å². The second-order valence-corrected chi connectivity index (χ2v) is 12.4. The molecule has 7 nitrogen and oxygen atoms in total. The Morgan fingerprint density at radius 3 is 2.55 bits per heavy atom. The van der Waals surface area contributed by atoms with Crippen LogP contribution in [0.2, 0.25) is 0 Å². The van der Waals surface area contributed by atoms with Crippen molar-refractivity contribution in [2.75, 3.05) is 46.2 Å². The molecule has 33 heavy (non-hydrogen) atoms. The monoisotopic (exact) mass is 475 g/mol. The summed E-state index contributed by atoms with van der Waals surface area (Å²) in [6, 6.07) is 5.45. The molecule has 2 aromatic rings. The lowest BCUT2D eigenvalue weighted by Crippen LogP contribution is -2.55. The Kier molecular flexibility index (Phi) is 6.22. The first-order chi connectivity index (χ1) is 15.8. The smallest absolute Gasteiger partial charge is 0.211 e. The van der Waals surface area contributed by atoms with Crippen molar-refractivity contribution < 1.29 is 18.3 Å². The number of sulfonamides is 1. The number of nitrogens with one attached hydrogen (secondary N) is 1. The number of benzene rings is 1. The van der Waals surface area contributed by atoms with Gasteiger partial charge in [0.15, 0.2) is 0 Å². The van der Waals surface area contributed by atoms with Crippen molar-refractivity contribution in [1.29, 1.82) is 0 Å². The lowest BCUT2D eigenvalue weighted by atomic mass is 9.68. The maximum Gasteiger partial charge on any atom is 0.211 e. The van der Waals surface area contributed by atoms with Crippen LogP contribution in [0.4, 0.5) is 0 Å². The van der Waals surface area contributed by atoms with E-state index in [0.717, 1.165) is 54.2 Å². The quantitative estimate of drug-likeness (QED) is 0.692. The molecule has 3 aliphatic rings. The van der Waals surface area contributed by atoms with Crippen LogP contribution >= 0.6 is 0 Å². The maximum atomic E-state index is 12.8. The highest BCUT2D eigenvalue weighted by Crippen LogP contribution is 2.49. The zero-order chi connectivity index (χ0) is 23.2. The molecule has 1 saturated carbocycles. The molecule has 3 heterocycles. The average Bonchev–Trinajstić information content (AvgIpc) is 3.20. The van der Waals surface area contributed by atoms with E-state index in [0.29, 0.717) is 6.54 Å². The van der Waals surface area contributed by atoms with Gasteiger partial charge in [0.25, 0.3) is 0 Å². The maximum absolute atomic E-state index is 12.8. The van der Waals surface area contributed by atoms with Crippen LogP contribution in [0.25, 0.3) is 10.9 Å². The zero-order valence-corrected chi connectivity index (χ0v) is 20.7. The number of nitrogens with zero attached hydrogens (tertiary/aromatic N) is 2. The van der Waals surface area contributed by atoms with Crippen molar-refractivity contribution in [3.05, 3.63) is 29.5 Å². The number of hydrogen-bond donors (Lipinski definition) is 2. The summed E-state index contributed by atoms with van der Waals surface area (Å²) in [4.78, 5) is 6.08. The predicted molar refractivity (Wildman–Crippen MR) is 130 cm³/mol. The number of hydrogen-bond acceptors (Lipinski definition) is 5. The fourth-order valence-electron chi connectivity index (χ4n) is 6.61. The van der Waals surface area contributed by atoms with E-state index in [1.165, 1.54) is 54.8 Å². The molecule has 1 aromatic heterocycles. The third kappa shape index (κ3) is 4.20. The number of methoxy groups -OCH3 is 1. The molecular weight excluding hydrogens is 438 g/mol. The van der Waals surface area contributed by atoms with Crippen LogP contribution in [-0.4, -0.2) is 73.9 Å². The molecule has 1 aliphatic carbocycles. The molecule has 1 atom stereocenters. The molecule has 0 amide bonds. The molecule has 5 rings (SSSR count). The first-order valence-electron chi connectivity index (χ1n) is 12.3. The van der Waals surface area contributed by atoms with Crippen molar-refractivity contribution in [2.45, 2.75) is 56.4 Å². The van der Waals surface area contributed by atoms with Gasteiger partial charge in [-0.1, -0.05) is 19.3 Å². The second-order valence-electron chi connectivity index (χ2n) is 10.4. The highest BCUT2D eigenvalue weighted by molar-refractivity contribution is 7.88. The predicted octanol–water partition coefficient (Wildman–Crippen LogP) is 3.40. The van der Waals surface area contributed by atoms with Crippen molar-refractivity contribution in [3.8, 4) is 5.75 Å². The molecule has 1 aromatic carbocycles. The highest BCUT2D eigenvalue weighted by Gasteiger charge is 2.49. The van der Waals surface area contributed by atoms with Crippen molar-refractivity contribution in [1.82, 2.24) is 14.2 Å². The van der Waals surface area contributed by atoms with Crippen LogP contribution in [0, 0.1) is 5.92 Å². The number of likely N-dealkylation sites (tertiary alicyclic amines) is 1. The molecule has 0 radical (unpaired) electrons. The van der Waals surface area contributed by atoms with E-state index < -0.39 is 16.1 Å². The van der Waals surface area contributed by atoms with Crippen molar-refractivity contribution >= 4 is 20.9 Å². The van der Waals surface area contributed by atoms with Gasteiger partial charge in [0.2, 0.25) is 10.0 Å². The number of piperidine rings is 1. The first-order valence-corrected chi connectivity index (χ1v) is 14.2. The first kappa shape index (κ1) is 23.1. The molecule has 2 aliphatic heterocycles. The Balaban J connectivity index is 1.52. The number of ether oxygens (including phenoxy) is 1. The minimum atomic E-state index is -3.48. The Bertz CT molecular complexity index is 1100. The largest absolute Gasteiger partial charge is 0.497 e. The third-order valence-electron chi connectivity index (χ3n) is 8.36. The van der Waals surface area contributed by atoms with Crippen LogP contribution in [-0.2, 0) is 15.4 Å². The molecule has 0 unspecified atom stereocenters. The van der Waals surface area contributed by atoms with Crippen LogP contribution in [0.15, 0.2) is 18.2 Å². The lowest BCUT2D eigenvalue weighted by molar-refractivity contribution is 0.0854. The van der Waals surface area contributed by atoms with Gasteiger partial charge < -0.3 is 19.7 Å². The molecule has 1 saturated heterocycles. The Morgan fingerprint density at radius 2 is 1.91 bits per heavy atom. The number of H-pyrrole nitrogens is 1. The van der Waals surface area contributed by atoms with Gasteiger partial charge in [-0.2, -0.15) is 4.31 Å². The summed E-state index contributed by atoms with van der Waals surface area (Å²) < 4.78 is 32.6. The SMILES string of the molecule is COc1ccc2c3c([nH]c2c1)[C@@H](CO)N(S(C)(=O)=O)CC31CCN(CC2CCCCC2)CC1. The van der Waals surface area contributed by atoms with Crippen LogP contribution in [0.3, 0.4) is 0 Å². The van der Waals surface area contributed by atoms with Crippen LogP contribution < -0.4 is 4.74 Å². The summed E-state index contributed by atoms with van der Waals surface area (Å²) in [5.41, 5.74) is 2.74. The van der Waals surface area contributed by atoms with Gasteiger partial charge in [0, 0.05) is 41.2 Å². The van der Waals surface area contributed by atoms with Gasteiger partial charge in [-0.15, -0.1) is 0 Å². The van der Waals surface area contributed by atoms with E-state index >= 15 is 0 Å². The number of aromatic amines is 1. The number of aliphatic hydroxyl groups excluding tert-OH is 1. The molecule has 0 bridgehead atoms. The molecule has 182 valence electrons. The highest BCUT2D eigenvalue weighted by atomic mass is 32.2. The van der Waals surface area contributed by atoms with E-state index in [-0.39, 0.29) is 12.0 Å². The van der Waals surface area contributed by atoms with E-state index in [1.807, 2.05) is 12.1 Å². The molecule has 1 spiro atoms. The van der Waals surface area contributed by atoms with Gasteiger partial charge in [-0.25, -0.2) is 8.42 Å². The number of aliphatic hydroxyl groups is 1. The van der Waals surface area contributed by atoms with Gasteiger partial charge in [0.1, 0.15) is 5.75 Å². The van der Waals surface area contributed by atoms with Gasteiger partial charge in [-0.05, 0) is 62.4 Å². The minimum absolute atomic E-state index is 0.242. The minimum Gasteiger partial charge on any atom is -0.497 e. The van der Waals surface area contributed by atoms with Crippen LogP contribution in [0.1, 0.15) is 62.2 Å². The molecular formula is C25H37N3O4S. The molecule has 2 N–H and O–H groups in total. The van der Waals surface area contributed by atoms with Gasteiger partial charge in [0.05, 0.1) is 26.0 Å². The van der Waals surface area contributed by atoms with E-state index in [2.05, 4.69) is 16.0 Å². The second kappa shape index (κ2) is 8.87. The molecule has 8 heteroatoms. The third-order valence-corrected chi connectivity index (χ3v) is 9.59. The average molecular weight is 476 g/mol. The van der Waals surface area contributed by atoms with E-state index in [9.17, 15) is 13.5 Å². The van der Waals surface area contributed by atoms with E-state index in [1.54, 1.807) is 7.11 Å². The van der Waals surface area contributed by atoms with E-state index in [4.69, 9.17) is 4.74 Å². The normalized spacial score (nSPS) is 24.9. The summed E-state index contributed by atoms with van der Waals surface area (Å²) in [5, 5.41) is 11.4. The Morgan fingerprint density at radius 1 is 1.18 bits per heavy atom.